The summed E-state index contributed by atoms with van der Waals surface area (Å²) in [6, 6.07) is 122. The van der Waals surface area contributed by atoms with Gasteiger partial charge in [0.15, 0.2) is 0 Å². The molecule has 0 N–H and O–H groups in total. The van der Waals surface area contributed by atoms with Gasteiger partial charge in [-0.3, -0.25) is 0 Å². The summed E-state index contributed by atoms with van der Waals surface area (Å²) in [7, 11) is -3.84. The van der Waals surface area contributed by atoms with Crippen molar-refractivity contribution in [2.75, 3.05) is 0 Å². The van der Waals surface area contributed by atoms with Crippen LogP contribution in [0.1, 0.15) is 27.8 Å². The summed E-state index contributed by atoms with van der Waals surface area (Å²) < 4.78 is 0. The summed E-state index contributed by atoms with van der Waals surface area (Å²) in [5.74, 6) is 0. The van der Waals surface area contributed by atoms with Crippen LogP contribution < -0.4 is 15.6 Å². The fraction of sp³-hybridized carbons (Fsp3) is 0.135. The molecule has 0 unspecified atom stereocenters. The van der Waals surface area contributed by atoms with Gasteiger partial charge in [0.05, 0.1) is 24.2 Å². The number of rotatable bonds is 13. The second-order valence-corrected chi connectivity index (χ2v) is 46.2. The van der Waals surface area contributed by atoms with Crippen LogP contribution in [-0.4, -0.2) is 54.1 Å². The molecule has 0 saturated carbocycles. The maximum Gasteiger partial charge on any atom is 0.0776 e. The number of aromatic nitrogens is 6. The van der Waals surface area contributed by atoms with Crippen molar-refractivity contribution in [3.05, 3.63) is 405 Å². The summed E-state index contributed by atoms with van der Waals surface area (Å²) in [5.41, 5.74) is 28.3. The average Bonchev–Trinajstić information content (AvgIpc) is 0.784. The third-order valence-electron chi connectivity index (χ3n) is 19.2. The Kier molecular flexibility index (Phi) is 34.7. The van der Waals surface area contributed by atoms with Crippen molar-refractivity contribution in [1.82, 2.24) is 29.9 Å². The number of nitrogens with zero attached hydrogens (tertiary/aromatic N) is 6. The van der Waals surface area contributed by atoms with Gasteiger partial charge in [0, 0.05) is 109 Å². The Labute approximate surface area is 733 Å². The van der Waals surface area contributed by atoms with E-state index in [0.717, 1.165) is 67.5 Å². The molecule has 0 atom stereocenters. The molecule has 3 radical (unpaired) electrons. The van der Waals surface area contributed by atoms with Crippen LogP contribution in [0.5, 0.6) is 0 Å². The molecule has 0 bridgehead atoms. The summed E-state index contributed by atoms with van der Waals surface area (Å²) in [6.07, 6.45) is 11.3. The van der Waals surface area contributed by atoms with E-state index in [1.165, 1.54) is 87.9 Å². The van der Waals surface area contributed by atoms with Crippen molar-refractivity contribution in [3.8, 4) is 112 Å². The Morgan fingerprint density at radius 2 is 0.569 bits per heavy atom. The number of aryl methyl sites for hydroxylation is 5. The monoisotopic (exact) mass is 2090 g/mol. The Hall–Kier alpha value is -10.3. The molecule has 12 heteroatoms. The van der Waals surface area contributed by atoms with Gasteiger partial charge in [-0.05, 0) is 143 Å². The number of benzene rings is 10. The van der Waals surface area contributed by atoms with Crippen LogP contribution >= 0.6 is 0 Å². The zero-order chi connectivity index (χ0) is 79.7. The number of hydrogen-bond acceptors (Lipinski definition) is 6. The predicted molar refractivity (Wildman–Crippen MR) is 485 cm³/mol. The molecular formula is C104H98Ir3N6Si3-6. The molecule has 16 rings (SSSR count). The topological polar surface area (TPSA) is 77.3 Å². The van der Waals surface area contributed by atoms with Gasteiger partial charge in [-0.2, -0.15) is 0 Å². The summed E-state index contributed by atoms with van der Waals surface area (Å²) >= 11 is 0. The van der Waals surface area contributed by atoms with Gasteiger partial charge in [0.1, 0.15) is 0 Å². The first-order valence-corrected chi connectivity index (χ1v) is 48.9. The van der Waals surface area contributed by atoms with E-state index in [4.69, 9.17) is 4.98 Å². The fourth-order valence-corrected chi connectivity index (χ4v) is 16.6. The Morgan fingerprint density at radius 3 is 0.948 bits per heavy atom. The van der Waals surface area contributed by atoms with E-state index in [9.17, 15) is 0 Å². The minimum absolute atomic E-state index is 0. The van der Waals surface area contributed by atoms with Crippen molar-refractivity contribution in [3.63, 3.8) is 0 Å². The number of hydrogen-bond donors (Lipinski definition) is 0. The molecule has 0 saturated heterocycles. The summed E-state index contributed by atoms with van der Waals surface area (Å²) in [6.45, 7) is 32.4. The molecule has 6 nitrogen and oxygen atoms in total. The quantitative estimate of drug-likeness (QED) is 0.0846. The van der Waals surface area contributed by atoms with E-state index in [0.29, 0.717) is 0 Å². The molecule has 16 aromatic rings. The first-order chi connectivity index (χ1) is 54.5. The van der Waals surface area contributed by atoms with Crippen LogP contribution in [0.4, 0.5) is 0 Å². The molecule has 0 aliphatic heterocycles. The molecule has 589 valence electrons. The zero-order valence-corrected chi connectivity index (χ0v) is 78.7. The first kappa shape index (κ1) is 91.2. The van der Waals surface area contributed by atoms with Gasteiger partial charge in [0.25, 0.3) is 0 Å². The van der Waals surface area contributed by atoms with Gasteiger partial charge in [-0.25, -0.2) is 0 Å². The van der Waals surface area contributed by atoms with Gasteiger partial charge in [-0.1, -0.05) is 220 Å². The van der Waals surface area contributed by atoms with Gasteiger partial charge >= 0.3 is 0 Å². The number of pyridine rings is 6. The van der Waals surface area contributed by atoms with Crippen LogP contribution in [0.15, 0.2) is 340 Å². The third kappa shape index (κ3) is 26.1. The molecule has 0 amide bonds. The van der Waals surface area contributed by atoms with Crippen LogP contribution in [0.3, 0.4) is 0 Å². The SMILES string of the molecule is Cc1cc(-c2[c-]ccc(-c3ccccc3)c2)ncc1-c1ccc([Si](C)(C)C)cc1.Cc1cc([Si](C)(C)C)cc(C)c1-c1ccc(-c2[c-]cccc2)nc1.Cc1cc([Si](C)(C)C)ccc1-c1cnc(-c2[c-]cccc2)cc1C.[Ir].[Ir].[Ir].[c-]1ccccc1-c1ccccn1.[c-]1ccccc1-c1ccccn1.[c-]1ccccc1-c1ccccn1. The van der Waals surface area contributed by atoms with E-state index in [-0.39, 0.29) is 60.3 Å². The zero-order valence-electron chi connectivity index (χ0n) is 68.5. The van der Waals surface area contributed by atoms with Crippen molar-refractivity contribution in [2.24, 2.45) is 0 Å². The minimum atomic E-state index is -1.29. The first-order valence-electron chi connectivity index (χ1n) is 38.4. The normalized spacial score (nSPS) is 10.6. The summed E-state index contributed by atoms with van der Waals surface area (Å²) in [5, 5.41) is 4.50. The van der Waals surface area contributed by atoms with E-state index in [1.54, 1.807) is 18.6 Å². The largest absolute Gasteiger partial charge is 0.305 e. The average molecular weight is 2090 g/mol. The van der Waals surface area contributed by atoms with Gasteiger partial charge in [-0.15, -0.1) is 215 Å². The van der Waals surface area contributed by atoms with E-state index >= 15 is 0 Å². The van der Waals surface area contributed by atoms with Gasteiger partial charge < -0.3 is 29.9 Å². The molecule has 0 fully saturated rings. The van der Waals surface area contributed by atoms with Crippen LogP contribution in [0.2, 0.25) is 58.9 Å². The van der Waals surface area contributed by atoms with E-state index in [2.05, 4.69) is 276 Å². The standard InChI is InChI=1S/C27H26NSi.2C22H24NSi.3C11H8N.3Ir/c1-20-17-27(24-12-8-11-23(18-24)21-9-6-5-7-10-21)28-19-26(20)22-13-15-25(16-14-22)29(2,3)4;1-16-13-20(24(3,4)5)14-17(2)22(16)19-11-12-21(23-15-19)18-9-7-6-8-10-18;1-16-13-19(24(3,4)5)11-12-20(16)21-15-23-22(14-17(21)2)18-9-7-6-8-10-18;3*1-2-6-10(7-3-1)11-8-4-5-9-12-11;;;/h5-11,13-19H,1-4H3;2*6-9,11-15H,1-5H3;3*1-6,8-9H;;;/q6*-1;;;. The molecule has 0 spiro atoms. The van der Waals surface area contributed by atoms with Crippen molar-refractivity contribution in [2.45, 2.75) is 93.5 Å². The minimum Gasteiger partial charge on any atom is -0.305 e. The molecule has 6 heterocycles. The molecule has 0 aliphatic carbocycles. The second kappa shape index (κ2) is 44.1. The Morgan fingerprint density at radius 1 is 0.216 bits per heavy atom. The molecule has 6 aromatic heterocycles. The fourth-order valence-electron chi connectivity index (χ4n) is 12.9. The predicted octanol–water partition coefficient (Wildman–Crippen LogP) is 25.1. The maximum atomic E-state index is 4.77. The van der Waals surface area contributed by atoms with E-state index in [1.807, 2.05) is 201 Å². The molecule has 0 aliphatic rings. The Bertz CT molecular complexity index is 5310. The van der Waals surface area contributed by atoms with Crippen molar-refractivity contribution in [1.29, 1.82) is 0 Å². The Balaban J connectivity index is 0.000000179. The molecular weight excluding hydrogens is 1990 g/mol. The van der Waals surface area contributed by atoms with Crippen LogP contribution in [-0.2, 0) is 60.3 Å². The van der Waals surface area contributed by atoms with E-state index < -0.39 is 24.2 Å². The third-order valence-corrected chi connectivity index (χ3v) is 25.4. The second-order valence-electron chi connectivity index (χ2n) is 30.9. The van der Waals surface area contributed by atoms with Crippen molar-refractivity contribution >= 4 is 39.8 Å². The van der Waals surface area contributed by atoms with Crippen molar-refractivity contribution < 1.29 is 60.3 Å². The molecule has 10 aromatic carbocycles. The smallest absolute Gasteiger partial charge is 0.0776 e. The van der Waals surface area contributed by atoms with Crippen LogP contribution in [0, 0.1) is 71.0 Å². The molecule has 116 heavy (non-hydrogen) atoms. The summed E-state index contributed by atoms with van der Waals surface area (Å²) in [4.78, 5) is 26.8. The van der Waals surface area contributed by atoms with Gasteiger partial charge in [0.2, 0.25) is 0 Å². The van der Waals surface area contributed by atoms with Crippen LogP contribution in [0.25, 0.3) is 112 Å². The maximum absolute atomic E-state index is 4.77.